The van der Waals surface area contributed by atoms with Gasteiger partial charge in [-0.15, -0.1) is 0 Å². The highest BCUT2D eigenvalue weighted by molar-refractivity contribution is 5.76. The van der Waals surface area contributed by atoms with Crippen molar-refractivity contribution in [2.45, 2.75) is 25.7 Å². The Morgan fingerprint density at radius 3 is 2.36 bits per heavy atom. The van der Waals surface area contributed by atoms with Gasteiger partial charge in [0.2, 0.25) is 5.91 Å². The lowest BCUT2D eigenvalue weighted by Crippen LogP contribution is -2.40. The van der Waals surface area contributed by atoms with Crippen molar-refractivity contribution in [2.75, 3.05) is 0 Å². The Morgan fingerprint density at radius 1 is 1.64 bits per heavy atom. The summed E-state index contributed by atoms with van der Waals surface area (Å²) in [5, 5.41) is 1.92. The van der Waals surface area contributed by atoms with Crippen molar-refractivity contribution in [3.8, 4) is 0 Å². The van der Waals surface area contributed by atoms with E-state index in [4.69, 9.17) is 5.73 Å². The van der Waals surface area contributed by atoms with Gasteiger partial charge in [-0.2, -0.15) is 13.2 Å². The Bertz CT molecular complexity index is 143. The van der Waals surface area contributed by atoms with Gasteiger partial charge in [0, 0.05) is 0 Å². The molecule has 1 unspecified atom stereocenters. The lowest BCUT2D eigenvalue weighted by molar-refractivity contribution is -0.154. The summed E-state index contributed by atoms with van der Waals surface area (Å²) in [4.78, 5) is 10.4. The van der Waals surface area contributed by atoms with Crippen LogP contribution in [0.1, 0.15) is 13.3 Å². The van der Waals surface area contributed by atoms with Gasteiger partial charge in [-0.25, -0.2) is 0 Å². The van der Waals surface area contributed by atoms with E-state index in [1.165, 1.54) is 6.92 Å². The van der Waals surface area contributed by atoms with Crippen molar-refractivity contribution >= 4 is 5.91 Å². The van der Waals surface area contributed by atoms with Crippen LogP contribution in [0.3, 0.4) is 0 Å². The Kier molecular flexibility index (Phi) is 3.31. The second-order valence-corrected chi connectivity index (χ2v) is 2.15. The molecule has 0 aliphatic carbocycles. The molecule has 0 spiro atoms. The van der Waals surface area contributed by atoms with Crippen LogP contribution in [0.15, 0.2) is 0 Å². The van der Waals surface area contributed by atoms with Gasteiger partial charge in [0.15, 0.2) is 0 Å². The molecule has 3 nitrogen and oxygen atoms in total. The van der Waals surface area contributed by atoms with Crippen LogP contribution in [-0.2, 0) is 4.79 Å². The smallest absolute Gasteiger partial charge is 0.341 e. The maximum atomic E-state index is 11.5. The summed E-state index contributed by atoms with van der Waals surface area (Å²) in [7, 11) is 0. The average molecular weight is 170 g/mol. The molecule has 0 aromatic rings. The molecule has 0 bridgehead atoms. The van der Waals surface area contributed by atoms with Crippen molar-refractivity contribution in [3.05, 3.63) is 0 Å². The van der Waals surface area contributed by atoms with Crippen molar-refractivity contribution in [1.82, 2.24) is 5.32 Å². The maximum absolute atomic E-state index is 11.5. The number of nitrogens with one attached hydrogen (secondary N) is 1. The van der Waals surface area contributed by atoms with E-state index in [1.807, 2.05) is 5.32 Å². The zero-order valence-corrected chi connectivity index (χ0v) is 5.90. The summed E-state index contributed by atoms with van der Waals surface area (Å²) < 4.78 is 34.4. The second kappa shape index (κ2) is 3.56. The zero-order chi connectivity index (χ0) is 9.07. The number of carbonyl (C=O) groups is 1. The van der Waals surface area contributed by atoms with Crippen molar-refractivity contribution in [2.24, 2.45) is 5.73 Å². The number of amides is 1. The fraction of sp³-hybridized carbons (Fsp3) is 0.800. The van der Waals surface area contributed by atoms with Gasteiger partial charge in [0.05, 0.1) is 6.17 Å². The summed E-state index contributed by atoms with van der Waals surface area (Å²) in [6.07, 6.45) is -6.68. The molecular formula is C5H9F3N2O. The zero-order valence-electron chi connectivity index (χ0n) is 5.90. The number of rotatable bonds is 2. The minimum Gasteiger partial charge on any atom is -0.341 e. The Balaban J connectivity index is 3.71. The lowest BCUT2D eigenvalue weighted by atomic mass is 10.4. The van der Waals surface area contributed by atoms with Crippen LogP contribution in [0.5, 0.6) is 0 Å². The molecule has 0 aliphatic rings. The second-order valence-electron chi connectivity index (χ2n) is 2.15. The van der Waals surface area contributed by atoms with Crippen LogP contribution >= 0.6 is 0 Å². The standard InChI is InChI=1S/C5H9F3N2O/c1-3(9)10-4(11)2-5(6,7)8/h3H,2,9H2,1H3,(H,10,11). The first-order valence-corrected chi connectivity index (χ1v) is 2.93. The topological polar surface area (TPSA) is 55.1 Å². The number of hydrogen-bond acceptors (Lipinski definition) is 2. The molecule has 0 saturated carbocycles. The molecule has 0 fully saturated rings. The summed E-state index contributed by atoms with van der Waals surface area (Å²) in [6.45, 7) is 1.38. The van der Waals surface area contributed by atoms with Crippen LogP contribution in [0.4, 0.5) is 13.2 Å². The quantitative estimate of drug-likeness (QED) is 0.588. The molecule has 0 rings (SSSR count). The van der Waals surface area contributed by atoms with Crippen LogP contribution in [0.25, 0.3) is 0 Å². The third-order valence-electron chi connectivity index (χ3n) is 0.750. The van der Waals surface area contributed by atoms with E-state index < -0.39 is 24.7 Å². The van der Waals surface area contributed by atoms with Crippen molar-refractivity contribution in [3.63, 3.8) is 0 Å². The summed E-state index contributed by atoms with van der Waals surface area (Å²) in [5.74, 6) is -1.10. The highest BCUT2D eigenvalue weighted by atomic mass is 19.4. The first-order chi connectivity index (χ1) is 4.81. The van der Waals surface area contributed by atoms with Gasteiger partial charge < -0.3 is 11.1 Å². The summed E-state index contributed by atoms with van der Waals surface area (Å²) in [6, 6.07) is 0. The highest BCUT2D eigenvalue weighted by Gasteiger charge is 2.31. The summed E-state index contributed by atoms with van der Waals surface area (Å²) >= 11 is 0. The Labute approximate surface area is 61.7 Å². The number of carbonyl (C=O) groups excluding carboxylic acids is 1. The highest BCUT2D eigenvalue weighted by Crippen LogP contribution is 2.18. The molecule has 0 radical (unpaired) electrons. The average Bonchev–Trinajstić information content (AvgIpc) is 1.53. The van der Waals surface area contributed by atoms with Crippen LogP contribution in [0.2, 0.25) is 0 Å². The molecule has 0 saturated heterocycles. The Morgan fingerprint density at radius 2 is 2.09 bits per heavy atom. The molecule has 66 valence electrons. The molecular weight excluding hydrogens is 161 g/mol. The van der Waals surface area contributed by atoms with Gasteiger partial charge >= 0.3 is 6.18 Å². The fourth-order valence-corrected chi connectivity index (χ4v) is 0.487. The SMILES string of the molecule is CC(N)NC(=O)CC(F)(F)F. The van der Waals surface area contributed by atoms with E-state index in [-0.39, 0.29) is 0 Å². The van der Waals surface area contributed by atoms with E-state index in [1.54, 1.807) is 0 Å². The van der Waals surface area contributed by atoms with E-state index in [0.717, 1.165) is 0 Å². The molecule has 3 N–H and O–H groups in total. The monoisotopic (exact) mass is 170 g/mol. The van der Waals surface area contributed by atoms with Crippen molar-refractivity contribution < 1.29 is 18.0 Å². The van der Waals surface area contributed by atoms with E-state index >= 15 is 0 Å². The number of halogens is 3. The molecule has 6 heteroatoms. The lowest BCUT2D eigenvalue weighted by Gasteiger charge is -2.09. The molecule has 0 aliphatic heterocycles. The van der Waals surface area contributed by atoms with Gasteiger partial charge in [-0.1, -0.05) is 0 Å². The maximum Gasteiger partial charge on any atom is 0.397 e. The molecule has 0 heterocycles. The number of nitrogens with two attached hydrogens (primary N) is 1. The minimum atomic E-state index is -4.46. The van der Waals surface area contributed by atoms with Gasteiger partial charge in [-0.3, -0.25) is 4.79 Å². The normalized spacial score (nSPS) is 14.3. The van der Waals surface area contributed by atoms with Gasteiger partial charge in [0.1, 0.15) is 6.42 Å². The Hall–Kier alpha value is -0.780. The first-order valence-electron chi connectivity index (χ1n) is 2.93. The van der Waals surface area contributed by atoms with Crippen molar-refractivity contribution in [1.29, 1.82) is 0 Å². The number of hydrogen-bond donors (Lipinski definition) is 2. The molecule has 1 amide bonds. The predicted octanol–water partition coefficient (Wildman–Crippen LogP) is 0.360. The first kappa shape index (κ1) is 10.2. The van der Waals surface area contributed by atoms with Crippen LogP contribution in [-0.4, -0.2) is 18.2 Å². The molecule has 11 heavy (non-hydrogen) atoms. The third-order valence-corrected chi connectivity index (χ3v) is 0.750. The van der Waals surface area contributed by atoms with E-state index in [2.05, 4.69) is 0 Å². The third kappa shape index (κ3) is 7.11. The molecule has 0 aromatic carbocycles. The van der Waals surface area contributed by atoms with E-state index in [0.29, 0.717) is 0 Å². The molecule has 1 atom stereocenters. The van der Waals surface area contributed by atoms with Gasteiger partial charge in [-0.05, 0) is 6.92 Å². The number of alkyl halides is 3. The van der Waals surface area contributed by atoms with Gasteiger partial charge in [0.25, 0.3) is 0 Å². The fourth-order valence-electron chi connectivity index (χ4n) is 0.487. The largest absolute Gasteiger partial charge is 0.397 e. The minimum absolute atomic E-state index is 0.746. The summed E-state index contributed by atoms with van der Waals surface area (Å²) in [5.41, 5.74) is 5.01. The van der Waals surface area contributed by atoms with Crippen LogP contribution < -0.4 is 11.1 Å². The predicted molar refractivity (Wildman–Crippen MR) is 32.5 cm³/mol. The van der Waals surface area contributed by atoms with E-state index in [9.17, 15) is 18.0 Å². The van der Waals surface area contributed by atoms with Crippen LogP contribution in [0, 0.1) is 0 Å². The molecule has 0 aromatic heterocycles.